The molecular formula is C23H28N3O4+. The summed E-state index contributed by atoms with van der Waals surface area (Å²) < 4.78 is 0. The Bertz CT molecular complexity index is 900. The van der Waals surface area contributed by atoms with Gasteiger partial charge in [0.15, 0.2) is 0 Å². The number of hydrogen-bond donors (Lipinski definition) is 3. The fourth-order valence-corrected chi connectivity index (χ4v) is 3.84. The number of carboxylic acid groups (broad SMARTS) is 1. The van der Waals surface area contributed by atoms with E-state index < -0.39 is 12.0 Å². The minimum atomic E-state index is -1.01. The third kappa shape index (κ3) is 5.67. The maximum atomic E-state index is 12.8. The van der Waals surface area contributed by atoms with Crippen LogP contribution in [0, 0.1) is 0 Å². The summed E-state index contributed by atoms with van der Waals surface area (Å²) in [6.07, 6.45) is 2.45. The van der Waals surface area contributed by atoms with Gasteiger partial charge in [0.05, 0.1) is 18.0 Å². The fourth-order valence-electron chi connectivity index (χ4n) is 3.84. The Labute approximate surface area is 175 Å². The number of carbonyl (C=O) groups is 3. The summed E-state index contributed by atoms with van der Waals surface area (Å²) in [6.45, 7) is 0.800. The Morgan fingerprint density at radius 1 is 1.10 bits per heavy atom. The van der Waals surface area contributed by atoms with Crippen LogP contribution in [0.2, 0.25) is 0 Å². The Morgan fingerprint density at radius 2 is 1.83 bits per heavy atom. The summed E-state index contributed by atoms with van der Waals surface area (Å²) in [7, 11) is 0. The molecule has 1 unspecified atom stereocenters. The Hall–Kier alpha value is -3.19. The number of hydrogen-bond acceptors (Lipinski definition) is 3. The lowest BCUT2D eigenvalue weighted by Gasteiger charge is -2.24. The van der Waals surface area contributed by atoms with Crippen molar-refractivity contribution in [2.45, 2.75) is 44.3 Å². The van der Waals surface area contributed by atoms with Gasteiger partial charge in [0.1, 0.15) is 6.04 Å². The van der Waals surface area contributed by atoms with Gasteiger partial charge in [0, 0.05) is 19.5 Å². The van der Waals surface area contributed by atoms with Crippen molar-refractivity contribution < 1.29 is 25.2 Å². The molecular weight excluding hydrogens is 382 g/mol. The molecule has 1 fully saturated rings. The number of aromatic carboxylic acids is 1. The van der Waals surface area contributed by atoms with Crippen LogP contribution in [0.5, 0.6) is 0 Å². The maximum Gasteiger partial charge on any atom is 0.335 e. The molecule has 2 atom stereocenters. The number of quaternary nitrogens is 1. The highest BCUT2D eigenvalue weighted by atomic mass is 16.4. The van der Waals surface area contributed by atoms with Gasteiger partial charge >= 0.3 is 5.97 Å². The van der Waals surface area contributed by atoms with Crippen molar-refractivity contribution >= 4 is 17.8 Å². The standard InChI is InChI=1S/C23H27N3O4/c24-19(13-16-6-2-1-3-7-16)14-21(27)26-11-5-10-20(26)22(28)25-15-17-8-4-9-18(12-17)23(29)30/h1-4,6-9,12,19-20H,5,10-11,13-15,24H2,(H,25,28)(H,29,30)/p+1/t19?,20-/m0/s1. The first kappa shape index (κ1) is 21.5. The predicted molar refractivity (Wildman–Crippen MR) is 111 cm³/mol. The average molecular weight is 410 g/mol. The molecule has 0 aromatic heterocycles. The van der Waals surface area contributed by atoms with Gasteiger partial charge < -0.3 is 21.1 Å². The molecule has 2 aromatic rings. The van der Waals surface area contributed by atoms with Gasteiger partial charge in [-0.2, -0.15) is 0 Å². The fraction of sp³-hybridized carbons (Fsp3) is 0.348. The predicted octanol–water partition coefficient (Wildman–Crippen LogP) is 1.24. The number of carbonyl (C=O) groups excluding carboxylic acids is 2. The first-order valence-corrected chi connectivity index (χ1v) is 10.2. The van der Waals surface area contributed by atoms with Crippen LogP contribution in [-0.4, -0.2) is 46.4 Å². The van der Waals surface area contributed by atoms with E-state index in [9.17, 15) is 14.4 Å². The van der Waals surface area contributed by atoms with Crippen LogP contribution in [0.3, 0.4) is 0 Å². The van der Waals surface area contributed by atoms with Crippen LogP contribution in [0.4, 0.5) is 0 Å². The number of likely N-dealkylation sites (tertiary alicyclic amines) is 1. The third-order valence-corrected chi connectivity index (χ3v) is 5.35. The van der Waals surface area contributed by atoms with Crippen LogP contribution >= 0.6 is 0 Å². The number of nitrogens with zero attached hydrogens (tertiary/aromatic N) is 1. The van der Waals surface area contributed by atoms with Gasteiger partial charge in [0.25, 0.3) is 0 Å². The zero-order valence-electron chi connectivity index (χ0n) is 16.9. The highest BCUT2D eigenvalue weighted by Gasteiger charge is 2.34. The molecule has 7 heteroatoms. The van der Waals surface area contributed by atoms with Gasteiger partial charge in [-0.1, -0.05) is 42.5 Å². The van der Waals surface area contributed by atoms with E-state index in [-0.39, 0.29) is 30.0 Å². The van der Waals surface area contributed by atoms with Gasteiger partial charge in [0.2, 0.25) is 11.8 Å². The van der Waals surface area contributed by atoms with Crippen LogP contribution in [0.1, 0.15) is 40.7 Å². The van der Waals surface area contributed by atoms with Crippen LogP contribution < -0.4 is 11.1 Å². The molecule has 158 valence electrons. The maximum absolute atomic E-state index is 12.8. The van der Waals surface area contributed by atoms with E-state index in [2.05, 4.69) is 11.1 Å². The molecule has 2 aromatic carbocycles. The number of carboxylic acids is 1. The number of rotatable bonds is 8. The largest absolute Gasteiger partial charge is 0.478 e. The SMILES string of the molecule is [NH3+]C(CC(=O)N1CCC[C@H]1C(=O)NCc1cccc(C(=O)O)c1)Cc1ccccc1. The first-order chi connectivity index (χ1) is 14.4. The molecule has 1 aliphatic rings. The number of benzene rings is 2. The molecule has 0 saturated carbocycles. The molecule has 1 saturated heterocycles. The van der Waals surface area contributed by atoms with Crippen LogP contribution in [0.25, 0.3) is 0 Å². The smallest absolute Gasteiger partial charge is 0.335 e. The van der Waals surface area contributed by atoms with E-state index >= 15 is 0 Å². The summed E-state index contributed by atoms with van der Waals surface area (Å²) in [6, 6.07) is 15.9. The molecule has 0 radical (unpaired) electrons. The first-order valence-electron chi connectivity index (χ1n) is 10.2. The monoisotopic (exact) mass is 410 g/mol. The van der Waals surface area contributed by atoms with Crippen molar-refractivity contribution in [1.82, 2.24) is 10.2 Å². The van der Waals surface area contributed by atoms with Gasteiger partial charge in [-0.25, -0.2) is 4.79 Å². The van der Waals surface area contributed by atoms with Crippen molar-refractivity contribution in [3.63, 3.8) is 0 Å². The third-order valence-electron chi connectivity index (χ3n) is 5.35. The second-order valence-electron chi connectivity index (χ2n) is 7.73. The lowest BCUT2D eigenvalue weighted by molar-refractivity contribution is -0.418. The van der Waals surface area contributed by atoms with E-state index in [1.54, 1.807) is 17.0 Å². The minimum absolute atomic E-state index is 0.0449. The summed E-state index contributed by atoms with van der Waals surface area (Å²) in [4.78, 5) is 38.2. The molecule has 7 nitrogen and oxygen atoms in total. The van der Waals surface area contributed by atoms with Crippen LogP contribution in [0.15, 0.2) is 54.6 Å². The zero-order valence-corrected chi connectivity index (χ0v) is 16.9. The lowest BCUT2D eigenvalue weighted by Crippen LogP contribution is -2.63. The van der Waals surface area contributed by atoms with Gasteiger partial charge in [-0.15, -0.1) is 0 Å². The highest BCUT2D eigenvalue weighted by molar-refractivity contribution is 5.89. The second kappa shape index (κ2) is 10.0. The molecule has 0 spiro atoms. The Morgan fingerprint density at radius 3 is 2.57 bits per heavy atom. The highest BCUT2D eigenvalue weighted by Crippen LogP contribution is 2.19. The molecule has 2 amide bonds. The normalized spacial score (nSPS) is 16.8. The second-order valence-corrected chi connectivity index (χ2v) is 7.73. The summed E-state index contributed by atoms with van der Waals surface area (Å²) in [5, 5.41) is 11.9. The summed E-state index contributed by atoms with van der Waals surface area (Å²) in [5.41, 5.74) is 6.15. The van der Waals surface area contributed by atoms with E-state index in [1.165, 1.54) is 12.1 Å². The number of amides is 2. The van der Waals surface area contributed by atoms with Gasteiger partial charge in [-0.3, -0.25) is 9.59 Å². The molecule has 1 heterocycles. The Balaban J connectivity index is 1.53. The lowest BCUT2D eigenvalue weighted by atomic mass is 10.0. The molecule has 30 heavy (non-hydrogen) atoms. The van der Waals surface area contributed by atoms with E-state index in [1.807, 2.05) is 30.3 Å². The van der Waals surface area contributed by atoms with Crippen molar-refractivity contribution in [1.29, 1.82) is 0 Å². The van der Waals surface area contributed by atoms with Crippen molar-refractivity contribution in [3.05, 3.63) is 71.3 Å². The summed E-state index contributed by atoms with van der Waals surface area (Å²) in [5.74, 6) is -1.25. The van der Waals surface area contributed by atoms with Crippen molar-refractivity contribution in [3.8, 4) is 0 Å². The summed E-state index contributed by atoms with van der Waals surface area (Å²) >= 11 is 0. The average Bonchev–Trinajstić information content (AvgIpc) is 3.23. The quantitative estimate of drug-likeness (QED) is 0.607. The zero-order chi connectivity index (χ0) is 21.5. The van der Waals surface area contributed by atoms with Gasteiger partial charge in [-0.05, 0) is 36.1 Å². The Kier molecular flexibility index (Phi) is 7.19. The van der Waals surface area contributed by atoms with E-state index in [0.29, 0.717) is 24.9 Å². The topological polar surface area (TPSA) is 114 Å². The molecule has 0 aliphatic carbocycles. The molecule has 1 aliphatic heterocycles. The van der Waals surface area contributed by atoms with E-state index in [0.717, 1.165) is 18.4 Å². The number of nitrogens with one attached hydrogen (secondary N) is 1. The van der Waals surface area contributed by atoms with Crippen molar-refractivity contribution in [2.24, 2.45) is 0 Å². The minimum Gasteiger partial charge on any atom is -0.478 e. The van der Waals surface area contributed by atoms with Crippen molar-refractivity contribution in [2.75, 3.05) is 6.54 Å². The van der Waals surface area contributed by atoms with E-state index in [4.69, 9.17) is 5.11 Å². The molecule has 5 N–H and O–H groups in total. The molecule has 0 bridgehead atoms. The van der Waals surface area contributed by atoms with Crippen LogP contribution in [-0.2, 0) is 22.6 Å². The molecule has 3 rings (SSSR count).